The SMILES string of the molecule is COc1ccc(-c2cc(CO)c(C)o2)cc1. The van der Waals surface area contributed by atoms with Crippen LogP contribution in [0.1, 0.15) is 11.3 Å². The van der Waals surface area contributed by atoms with Gasteiger partial charge in [-0.2, -0.15) is 0 Å². The molecular weight excluding hydrogens is 204 g/mol. The molecule has 3 heteroatoms. The fourth-order valence-corrected chi connectivity index (χ4v) is 1.57. The molecule has 0 aliphatic carbocycles. The number of aryl methyl sites for hydroxylation is 1. The summed E-state index contributed by atoms with van der Waals surface area (Å²) in [4.78, 5) is 0. The Labute approximate surface area is 94.3 Å². The molecule has 2 rings (SSSR count). The topological polar surface area (TPSA) is 42.6 Å². The van der Waals surface area contributed by atoms with E-state index < -0.39 is 0 Å². The van der Waals surface area contributed by atoms with Crippen molar-refractivity contribution >= 4 is 0 Å². The maximum Gasteiger partial charge on any atom is 0.134 e. The van der Waals surface area contributed by atoms with Gasteiger partial charge in [0.25, 0.3) is 0 Å². The Morgan fingerprint density at radius 2 is 1.94 bits per heavy atom. The molecule has 2 aromatic rings. The molecule has 0 bridgehead atoms. The molecule has 0 aliphatic rings. The number of hydrogen-bond acceptors (Lipinski definition) is 3. The molecule has 1 aromatic heterocycles. The van der Waals surface area contributed by atoms with Gasteiger partial charge in [-0.25, -0.2) is 0 Å². The molecule has 0 spiro atoms. The number of ether oxygens (including phenoxy) is 1. The highest BCUT2D eigenvalue weighted by Crippen LogP contribution is 2.26. The molecule has 3 nitrogen and oxygen atoms in total. The summed E-state index contributed by atoms with van der Waals surface area (Å²) in [5.74, 6) is 2.34. The molecule has 0 atom stereocenters. The van der Waals surface area contributed by atoms with Gasteiger partial charge in [-0.15, -0.1) is 0 Å². The first kappa shape index (κ1) is 10.8. The van der Waals surface area contributed by atoms with Gasteiger partial charge in [0.1, 0.15) is 17.3 Å². The van der Waals surface area contributed by atoms with Crippen molar-refractivity contribution in [1.29, 1.82) is 0 Å². The van der Waals surface area contributed by atoms with Crippen LogP contribution >= 0.6 is 0 Å². The molecule has 0 radical (unpaired) electrons. The van der Waals surface area contributed by atoms with E-state index in [9.17, 15) is 0 Å². The standard InChI is InChI=1S/C13H14O3/c1-9-11(8-14)7-13(16-9)10-3-5-12(15-2)6-4-10/h3-7,14H,8H2,1-2H3. The molecule has 0 saturated heterocycles. The molecule has 1 N–H and O–H groups in total. The van der Waals surface area contributed by atoms with Crippen LogP contribution in [0.2, 0.25) is 0 Å². The third kappa shape index (κ3) is 1.95. The third-order valence-corrected chi connectivity index (χ3v) is 2.57. The van der Waals surface area contributed by atoms with E-state index in [0.717, 1.165) is 28.4 Å². The molecule has 0 saturated carbocycles. The molecule has 0 aliphatic heterocycles. The zero-order valence-electron chi connectivity index (χ0n) is 9.36. The van der Waals surface area contributed by atoms with Crippen LogP contribution in [0.25, 0.3) is 11.3 Å². The lowest BCUT2D eigenvalue weighted by Gasteiger charge is -2.00. The molecule has 0 fully saturated rings. The van der Waals surface area contributed by atoms with Gasteiger partial charge in [-0.3, -0.25) is 0 Å². The Hall–Kier alpha value is -1.74. The first-order valence-electron chi connectivity index (χ1n) is 5.09. The van der Waals surface area contributed by atoms with Crippen molar-refractivity contribution in [3.05, 3.63) is 41.7 Å². The Morgan fingerprint density at radius 1 is 1.25 bits per heavy atom. The fraction of sp³-hybridized carbons (Fsp3) is 0.231. The van der Waals surface area contributed by atoms with E-state index in [1.165, 1.54) is 0 Å². The summed E-state index contributed by atoms with van der Waals surface area (Å²) in [7, 11) is 1.63. The lowest BCUT2D eigenvalue weighted by Crippen LogP contribution is -1.81. The normalized spacial score (nSPS) is 10.4. The molecule has 1 aromatic carbocycles. The number of methoxy groups -OCH3 is 1. The van der Waals surface area contributed by atoms with Crippen LogP contribution < -0.4 is 4.74 Å². The molecular formula is C13H14O3. The monoisotopic (exact) mass is 218 g/mol. The van der Waals surface area contributed by atoms with Crippen molar-refractivity contribution < 1.29 is 14.3 Å². The van der Waals surface area contributed by atoms with Crippen molar-refractivity contribution in [3.63, 3.8) is 0 Å². The quantitative estimate of drug-likeness (QED) is 0.861. The number of furan rings is 1. The molecule has 1 heterocycles. The van der Waals surface area contributed by atoms with Crippen molar-refractivity contribution in [1.82, 2.24) is 0 Å². The van der Waals surface area contributed by atoms with Gasteiger partial charge >= 0.3 is 0 Å². The van der Waals surface area contributed by atoms with Crippen LogP contribution in [0, 0.1) is 6.92 Å². The van der Waals surface area contributed by atoms with E-state index in [0.29, 0.717) is 0 Å². The van der Waals surface area contributed by atoms with E-state index >= 15 is 0 Å². The number of benzene rings is 1. The highest BCUT2D eigenvalue weighted by molar-refractivity contribution is 5.59. The lowest BCUT2D eigenvalue weighted by atomic mass is 10.1. The van der Waals surface area contributed by atoms with Gasteiger partial charge in [-0.1, -0.05) is 0 Å². The number of aliphatic hydroxyl groups excluding tert-OH is 1. The largest absolute Gasteiger partial charge is 0.497 e. The van der Waals surface area contributed by atoms with E-state index in [2.05, 4.69) is 0 Å². The van der Waals surface area contributed by atoms with Crippen molar-refractivity contribution in [3.8, 4) is 17.1 Å². The van der Waals surface area contributed by atoms with Gasteiger partial charge in [0.2, 0.25) is 0 Å². The summed E-state index contributed by atoms with van der Waals surface area (Å²) in [5, 5.41) is 9.08. The van der Waals surface area contributed by atoms with Gasteiger partial charge < -0.3 is 14.3 Å². The summed E-state index contributed by atoms with van der Waals surface area (Å²) in [6, 6.07) is 9.48. The molecule has 84 valence electrons. The minimum atomic E-state index is 0.00544. The maximum atomic E-state index is 9.08. The Balaban J connectivity index is 2.34. The van der Waals surface area contributed by atoms with Crippen LogP contribution in [-0.4, -0.2) is 12.2 Å². The number of rotatable bonds is 3. The van der Waals surface area contributed by atoms with Crippen LogP contribution in [0.15, 0.2) is 34.7 Å². The minimum absolute atomic E-state index is 0.00544. The summed E-state index contributed by atoms with van der Waals surface area (Å²) in [6.45, 7) is 1.85. The lowest BCUT2D eigenvalue weighted by molar-refractivity contribution is 0.279. The summed E-state index contributed by atoms with van der Waals surface area (Å²) < 4.78 is 10.6. The second-order valence-corrected chi connectivity index (χ2v) is 3.58. The van der Waals surface area contributed by atoms with Crippen LogP contribution in [0.5, 0.6) is 5.75 Å². The van der Waals surface area contributed by atoms with Gasteiger partial charge in [-0.05, 0) is 37.3 Å². The second-order valence-electron chi connectivity index (χ2n) is 3.58. The van der Waals surface area contributed by atoms with E-state index in [1.54, 1.807) is 7.11 Å². The smallest absolute Gasteiger partial charge is 0.134 e. The van der Waals surface area contributed by atoms with Gasteiger partial charge in [0.05, 0.1) is 13.7 Å². The first-order valence-corrected chi connectivity index (χ1v) is 5.09. The van der Waals surface area contributed by atoms with E-state index in [1.807, 2.05) is 37.3 Å². The summed E-state index contributed by atoms with van der Waals surface area (Å²) >= 11 is 0. The molecule has 0 unspecified atom stereocenters. The number of hydrogen-bond donors (Lipinski definition) is 1. The van der Waals surface area contributed by atoms with E-state index in [-0.39, 0.29) is 6.61 Å². The summed E-state index contributed by atoms with van der Waals surface area (Å²) in [5.41, 5.74) is 1.80. The van der Waals surface area contributed by atoms with Crippen LogP contribution in [0.3, 0.4) is 0 Å². The number of aliphatic hydroxyl groups is 1. The maximum absolute atomic E-state index is 9.08. The van der Waals surface area contributed by atoms with Crippen molar-refractivity contribution in [2.24, 2.45) is 0 Å². The Morgan fingerprint density at radius 3 is 2.44 bits per heavy atom. The predicted octanol–water partition coefficient (Wildman–Crippen LogP) is 2.76. The average Bonchev–Trinajstić information content (AvgIpc) is 2.71. The van der Waals surface area contributed by atoms with Crippen molar-refractivity contribution in [2.45, 2.75) is 13.5 Å². The fourth-order valence-electron chi connectivity index (χ4n) is 1.57. The Kier molecular flexibility index (Phi) is 2.97. The predicted molar refractivity (Wildman–Crippen MR) is 61.4 cm³/mol. The van der Waals surface area contributed by atoms with Crippen molar-refractivity contribution in [2.75, 3.05) is 7.11 Å². The van der Waals surface area contributed by atoms with Gasteiger partial charge in [0, 0.05) is 11.1 Å². The molecule has 0 amide bonds. The highest BCUT2D eigenvalue weighted by Gasteiger charge is 2.08. The Bertz CT molecular complexity index is 468. The summed E-state index contributed by atoms with van der Waals surface area (Å²) in [6.07, 6.45) is 0. The minimum Gasteiger partial charge on any atom is -0.497 e. The van der Waals surface area contributed by atoms with Gasteiger partial charge in [0.15, 0.2) is 0 Å². The highest BCUT2D eigenvalue weighted by atomic mass is 16.5. The average molecular weight is 218 g/mol. The zero-order chi connectivity index (χ0) is 11.5. The molecule has 16 heavy (non-hydrogen) atoms. The van der Waals surface area contributed by atoms with E-state index in [4.69, 9.17) is 14.3 Å². The zero-order valence-corrected chi connectivity index (χ0v) is 9.36. The second kappa shape index (κ2) is 4.41. The first-order chi connectivity index (χ1) is 7.74. The third-order valence-electron chi connectivity index (χ3n) is 2.57. The van der Waals surface area contributed by atoms with Crippen LogP contribution in [0.4, 0.5) is 0 Å². The van der Waals surface area contributed by atoms with Crippen LogP contribution in [-0.2, 0) is 6.61 Å².